The number of nitrogens with one attached hydrogen (secondary N) is 1. The summed E-state index contributed by atoms with van der Waals surface area (Å²) in [6, 6.07) is 10.6. The van der Waals surface area contributed by atoms with Crippen LogP contribution in [0.1, 0.15) is 25.5 Å². The second-order valence-electron chi connectivity index (χ2n) is 3.67. The van der Waals surface area contributed by atoms with Crippen LogP contribution in [0.5, 0.6) is 0 Å². The van der Waals surface area contributed by atoms with Gasteiger partial charge in [-0.1, -0.05) is 44.2 Å². The molecule has 88 valence electrons. The average molecular weight is 220 g/mol. The number of carbonyl (C=O) groups is 1. The zero-order valence-corrected chi connectivity index (χ0v) is 10.0. The summed E-state index contributed by atoms with van der Waals surface area (Å²) in [6.07, 6.45) is 0.763. The minimum Gasteiger partial charge on any atom is -0.357 e. The summed E-state index contributed by atoms with van der Waals surface area (Å²) in [5.41, 5.74) is 1.25. The molecule has 3 heteroatoms. The van der Waals surface area contributed by atoms with Crippen molar-refractivity contribution in [3.63, 3.8) is 0 Å². The highest BCUT2D eigenvalue weighted by Gasteiger charge is 2.16. The third-order valence-electron chi connectivity index (χ3n) is 2.83. The molecule has 1 N–H and O–H groups in total. The fourth-order valence-corrected chi connectivity index (χ4v) is 1.96. The lowest BCUT2D eigenvalue weighted by Crippen LogP contribution is -2.35. The average Bonchev–Trinajstić information content (AvgIpc) is 2.35. The second-order valence-corrected chi connectivity index (χ2v) is 3.67. The van der Waals surface area contributed by atoms with Gasteiger partial charge in [-0.25, -0.2) is 0 Å². The van der Waals surface area contributed by atoms with Gasteiger partial charge in [-0.05, 0) is 18.7 Å². The van der Waals surface area contributed by atoms with Crippen molar-refractivity contribution in [2.24, 2.45) is 0 Å². The van der Waals surface area contributed by atoms with E-state index < -0.39 is 0 Å². The van der Waals surface area contributed by atoms with Crippen LogP contribution in [-0.4, -0.2) is 30.9 Å². The first-order valence-electron chi connectivity index (χ1n) is 5.79. The van der Waals surface area contributed by atoms with Crippen molar-refractivity contribution in [2.75, 3.05) is 19.6 Å². The Labute approximate surface area is 97.5 Å². The Kier molecular flexibility index (Phi) is 5.57. The van der Waals surface area contributed by atoms with Crippen molar-refractivity contribution in [2.45, 2.75) is 19.9 Å². The lowest BCUT2D eigenvalue weighted by Gasteiger charge is -2.29. The van der Waals surface area contributed by atoms with Crippen LogP contribution >= 0.6 is 0 Å². The number of amides is 1. The van der Waals surface area contributed by atoms with E-state index in [4.69, 9.17) is 0 Å². The topological polar surface area (TPSA) is 32.3 Å². The summed E-state index contributed by atoms with van der Waals surface area (Å²) >= 11 is 0. The highest BCUT2D eigenvalue weighted by Crippen LogP contribution is 2.19. The van der Waals surface area contributed by atoms with Gasteiger partial charge in [0.1, 0.15) is 0 Å². The van der Waals surface area contributed by atoms with Crippen LogP contribution in [0.2, 0.25) is 0 Å². The lowest BCUT2D eigenvalue weighted by atomic mass is 10.1. The molecule has 1 atom stereocenters. The highest BCUT2D eigenvalue weighted by molar-refractivity contribution is 5.46. The second kappa shape index (κ2) is 7.01. The van der Waals surface area contributed by atoms with Crippen LogP contribution in [0, 0.1) is 0 Å². The molecule has 0 heterocycles. The summed E-state index contributed by atoms with van der Waals surface area (Å²) in [7, 11) is 0. The van der Waals surface area contributed by atoms with Crippen molar-refractivity contribution >= 4 is 6.41 Å². The van der Waals surface area contributed by atoms with Crippen LogP contribution in [0.25, 0.3) is 0 Å². The van der Waals surface area contributed by atoms with Crippen molar-refractivity contribution in [1.29, 1.82) is 0 Å². The monoisotopic (exact) mass is 220 g/mol. The van der Waals surface area contributed by atoms with E-state index in [0.717, 1.165) is 19.5 Å². The van der Waals surface area contributed by atoms with E-state index in [2.05, 4.69) is 36.2 Å². The third-order valence-corrected chi connectivity index (χ3v) is 2.83. The smallest absolute Gasteiger partial charge is 0.207 e. The third kappa shape index (κ3) is 3.35. The number of nitrogens with zero attached hydrogens (tertiary/aromatic N) is 1. The molecular formula is C13H20N2O. The molecule has 0 saturated carbocycles. The first-order chi connectivity index (χ1) is 7.83. The molecule has 0 spiro atoms. The minimum atomic E-state index is 0.265. The Morgan fingerprint density at radius 3 is 2.38 bits per heavy atom. The van der Waals surface area contributed by atoms with Gasteiger partial charge in [-0.3, -0.25) is 9.69 Å². The molecule has 1 rings (SSSR count). The number of carbonyl (C=O) groups excluding carboxylic acids is 1. The maximum atomic E-state index is 10.4. The SMILES string of the molecule is CCN(CC)C(CNC=O)c1ccccc1. The predicted octanol–water partition coefficient (Wildman–Crippen LogP) is 1.82. The van der Waals surface area contributed by atoms with Crippen LogP contribution in [0.3, 0.4) is 0 Å². The van der Waals surface area contributed by atoms with Gasteiger partial charge in [-0.15, -0.1) is 0 Å². The van der Waals surface area contributed by atoms with Gasteiger partial charge in [0.05, 0.1) is 6.04 Å². The fraction of sp³-hybridized carbons (Fsp3) is 0.462. The van der Waals surface area contributed by atoms with Crippen molar-refractivity contribution in [3.05, 3.63) is 35.9 Å². The maximum Gasteiger partial charge on any atom is 0.207 e. The number of benzene rings is 1. The number of rotatable bonds is 7. The largest absolute Gasteiger partial charge is 0.357 e. The zero-order chi connectivity index (χ0) is 11.8. The van der Waals surface area contributed by atoms with Crippen LogP contribution < -0.4 is 5.32 Å². The molecule has 0 saturated heterocycles. The molecule has 3 nitrogen and oxygen atoms in total. The Hall–Kier alpha value is -1.35. The van der Waals surface area contributed by atoms with Gasteiger partial charge in [-0.2, -0.15) is 0 Å². The summed E-state index contributed by atoms with van der Waals surface area (Å²) in [5, 5.41) is 2.77. The summed E-state index contributed by atoms with van der Waals surface area (Å²) in [4.78, 5) is 12.7. The fourth-order valence-electron chi connectivity index (χ4n) is 1.96. The van der Waals surface area contributed by atoms with Crippen molar-refractivity contribution in [1.82, 2.24) is 10.2 Å². The van der Waals surface area contributed by atoms with E-state index in [1.165, 1.54) is 5.56 Å². The van der Waals surface area contributed by atoms with Gasteiger partial charge in [0, 0.05) is 6.54 Å². The lowest BCUT2D eigenvalue weighted by molar-refractivity contribution is -0.109. The van der Waals surface area contributed by atoms with Crippen LogP contribution in [0.4, 0.5) is 0 Å². The zero-order valence-electron chi connectivity index (χ0n) is 10.0. The molecule has 0 aromatic heterocycles. The highest BCUT2D eigenvalue weighted by atomic mass is 16.1. The molecular weight excluding hydrogens is 200 g/mol. The molecule has 0 aliphatic carbocycles. The molecule has 1 unspecified atom stereocenters. The number of hydrogen-bond acceptors (Lipinski definition) is 2. The van der Waals surface area contributed by atoms with E-state index in [-0.39, 0.29) is 6.04 Å². The van der Waals surface area contributed by atoms with Gasteiger partial charge in [0.25, 0.3) is 0 Å². The Bertz CT molecular complexity index is 296. The summed E-state index contributed by atoms with van der Waals surface area (Å²) in [5.74, 6) is 0. The first kappa shape index (κ1) is 12.7. The van der Waals surface area contributed by atoms with Gasteiger partial charge in [0.15, 0.2) is 0 Å². The number of likely N-dealkylation sites (N-methyl/N-ethyl adjacent to an activating group) is 1. The van der Waals surface area contributed by atoms with E-state index in [1.807, 2.05) is 18.2 Å². The molecule has 1 amide bonds. The Balaban J connectivity index is 2.81. The molecule has 0 radical (unpaired) electrons. The summed E-state index contributed by atoms with van der Waals surface area (Å²) in [6.45, 7) is 6.91. The van der Waals surface area contributed by atoms with E-state index in [1.54, 1.807) is 0 Å². The van der Waals surface area contributed by atoms with Crippen LogP contribution in [0.15, 0.2) is 30.3 Å². The molecule has 1 aromatic rings. The van der Waals surface area contributed by atoms with Crippen LogP contribution in [-0.2, 0) is 4.79 Å². The summed E-state index contributed by atoms with van der Waals surface area (Å²) < 4.78 is 0. The molecule has 0 fully saturated rings. The number of hydrogen-bond donors (Lipinski definition) is 1. The maximum absolute atomic E-state index is 10.4. The van der Waals surface area contributed by atoms with Gasteiger partial charge in [0.2, 0.25) is 6.41 Å². The van der Waals surface area contributed by atoms with E-state index in [0.29, 0.717) is 6.54 Å². The van der Waals surface area contributed by atoms with E-state index in [9.17, 15) is 4.79 Å². The standard InChI is InChI=1S/C13H20N2O/c1-3-15(4-2)13(10-14-11-16)12-8-6-5-7-9-12/h5-9,11,13H,3-4,10H2,1-2H3,(H,14,16). The quantitative estimate of drug-likeness (QED) is 0.711. The molecule has 0 bridgehead atoms. The molecule has 16 heavy (non-hydrogen) atoms. The van der Waals surface area contributed by atoms with Crippen molar-refractivity contribution < 1.29 is 4.79 Å². The van der Waals surface area contributed by atoms with E-state index >= 15 is 0 Å². The predicted molar refractivity (Wildman–Crippen MR) is 66.2 cm³/mol. The first-order valence-corrected chi connectivity index (χ1v) is 5.79. The minimum absolute atomic E-state index is 0.265. The normalized spacial score (nSPS) is 12.4. The van der Waals surface area contributed by atoms with Gasteiger partial charge >= 0.3 is 0 Å². The molecule has 1 aromatic carbocycles. The van der Waals surface area contributed by atoms with Crippen molar-refractivity contribution in [3.8, 4) is 0 Å². The molecule has 0 aliphatic heterocycles. The Morgan fingerprint density at radius 2 is 1.88 bits per heavy atom. The molecule has 0 aliphatic rings. The van der Waals surface area contributed by atoms with Gasteiger partial charge < -0.3 is 5.32 Å². The Morgan fingerprint density at radius 1 is 1.25 bits per heavy atom.